The number of anilines is 1. The SMILES string of the molecule is Cl.NC[C@@H](O)C(=O)NC1CN[C@H](C(=O)Nc2ccc(Oc3ccccc3)cc2)C1. The van der Waals surface area contributed by atoms with E-state index in [1.54, 1.807) is 24.3 Å². The molecule has 1 fully saturated rings. The second-order valence-corrected chi connectivity index (χ2v) is 6.58. The summed E-state index contributed by atoms with van der Waals surface area (Å²) in [6.07, 6.45) is -0.797. The fourth-order valence-electron chi connectivity index (χ4n) is 2.91. The molecular formula is C20H25ClN4O4. The van der Waals surface area contributed by atoms with Gasteiger partial charge < -0.3 is 31.5 Å². The molecule has 0 aliphatic carbocycles. The van der Waals surface area contributed by atoms with Crippen molar-refractivity contribution < 1.29 is 19.4 Å². The molecule has 0 radical (unpaired) electrons. The molecule has 0 saturated carbocycles. The third-order valence-electron chi connectivity index (χ3n) is 4.42. The van der Waals surface area contributed by atoms with Crippen LogP contribution in [0.15, 0.2) is 54.6 Å². The summed E-state index contributed by atoms with van der Waals surface area (Å²) in [4.78, 5) is 24.1. The van der Waals surface area contributed by atoms with Gasteiger partial charge in [-0.1, -0.05) is 18.2 Å². The summed E-state index contributed by atoms with van der Waals surface area (Å²) in [6.45, 7) is 0.310. The summed E-state index contributed by atoms with van der Waals surface area (Å²) in [5, 5.41) is 18.0. The third kappa shape index (κ3) is 6.43. The number of carbonyl (C=O) groups excluding carboxylic acids is 2. The number of hydrogen-bond acceptors (Lipinski definition) is 6. The molecule has 2 aromatic carbocycles. The van der Waals surface area contributed by atoms with Crippen LogP contribution < -0.4 is 26.4 Å². The van der Waals surface area contributed by atoms with Gasteiger partial charge in [-0.2, -0.15) is 0 Å². The lowest BCUT2D eigenvalue weighted by Gasteiger charge is -2.15. The molecule has 3 rings (SSSR count). The van der Waals surface area contributed by atoms with Gasteiger partial charge in [-0.05, 0) is 42.8 Å². The highest BCUT2D eigenvalue weighted by Crippen LogP contribution is 2.23. The van der Waals surface area contributed by atoms with E-state index >= 15 is 0 Å². The molecular weight excluding hydrogens is 396 g/mol. The largest absolute Gasteiger partial charge is 0.457 e. The van der Waals surface area contributed by atoms with E-state index in [2.05, 4.69) is 16.0 Å². The predicted octanol–water partition coefficient (Wildman–Crippen LogP) is 1.01. The van der Waals surface area contributed by atoms with Gasteiger partial charge in [0.05, 0.1) is 6.04 Å². The molecule has 1 saturated heterocycles. The standard InChI is InChI=1S/C20H24N4O4.ClH/c21-11-18(25)20(27)24-14-10-17(22-12-14)19(26)23-13-6-8-16(9-7-13)28-15-4-2-1-3-5-15;/h1-9,14,17-18,22,25H,10-12,21H2,(H,23,26)(H,24,27);1H/t14?,17-,18+;/m0./s1. The van der Waals surface area contributed by atoms with Crippen LogP contribution in [0.2, 0.25) is 0 Å². The van der Waals surface area contributed by atoms with Gasteiger partial charge in [-0.15, -0.1) is 12.4 Å². The van der Waals surface area contributed by atoms with Crippen LogP contribution in [0.25, 0.3) is 0 Å². The molecule has 6 N–H and O–H groups in total. The lowest BCUT2D eigenvalue weighted by molar-refractivity contribution is -0.129. The average Bonchev–Trinajstić information content (AvgIpc) is 3.18. The molecule has 0 aromatic heterocycles. The number of nitrogens with two attached hydrogens (primary N) is 1. The van der Waals surface area contributed by atoms with Crippen LogP contribution in [0, 0.1) is 0 Å². The average molecular weight is 421 g/mol. The van der Waals surface area contributed by atoms with E-state index in [1.807, 2.05) is 30.3 Å². The van der Waals surface area contributed by atoms with E-state index in [0.29, 0.717) is 24.4 Å². The molecule has 2 aromatic rings. The Morgan fingerprint density at radius 2 is 1.79 bits per heavy atom. The summed E-state index contributed by atoms with van der Waals surface area (Å²) >= 11 is 0. The molecule has 1 aliphatic heterocycles. The van der Waals surface area contributed by atoms with E-state index in [-0.39, 0.29) is 30.9 Å². The van der Waals surface area contributed by atoms with Crippen molar-refractivity contribution in [2.45, 2.75) is 24.6 Å². The van der Waals surface area contributed by atoms with Crippen LogP contribution >= 0.6 is 12.4 Å². The smallest absolute Gasteiger partial charge is 0.250 e. The first-order chi connectivity index (χ1) is 13.5. The maximum absolute atomic E-state index is 12.4. The van der Waals surface area contributed by atoms with E-state index in [9.17, 15) is 14.7 Å². The van der Waals surface area contributed by atoms with Crippen molar-refractivity contribution in [1.82, 2.24) is 10.6 Å². The Morgan fingerprint density at radius 3 is 2.45 bits per heavy atom. The van der Waals surface area contributed by atoms with Gasteiger partial charge >= 0.3 is 0 Å². The Hall–Kier alpha value is -2.65. The van der Waals surface area contributed by atoms with E-state index < -0.39 is 18.1 Å². The van der Waals surface area contributed by atoms with Crippen molar-refractivity contribution in [3.05, 3.63) is 54.6 Å². The zero-order valence-electron chi connectivity index (χ0n) is 15.7. The van der Waals surface area contributed by atoms with Gasteiger partial charge in [0.1, 0.15) is 17.6 Å². The zero-order chi connectivity index (χ0) is 19.9. The van der Waals surface area contributed by atoms with Crippen molar-refractivity contribution >= 4 is 29.9 Å². The van der Waals surface area contributed by atoms with Gasteiger partial charge in [0.2, 0.25) is 11.8 Å². The van der Waals surface area contributed by atoms with Crippen molar-refractivity contribution in [1.29, 1.82) is 0 Å². The summed E-state index contributed by atoms with van der Waals surface area (Å²) in [5.41, 5.74) is 5.91. The number of rotatable bonds is 7. The van der Waals surface area contributed by atoms with Crippen LogP contribution in [-0.2, 0) is 9.59 Å². The minimum Gasteiger partial charge on any atom is -0.457 e. The second kappa shape index (κ2) is 10.8. The van der Waals surface area contributed by atoms with Crippen LogP contribution in [0.4, 0.5) is 5.69 Å². The number of carbonyl (C=O) groups is 2. The van der Waals surface area contributed by atoms with E-state index in [0.717, 1.165) is 5.75 Å². The lowest BCUT2D eigenvalue weighted by Crippen LogP contribution is -2.45. The normalized spacial score (nSPS) is 19.0. The number of aliphatic hydroxyl groups excluding tert-OH is 1. The first-order valence-electron chi connectivity index (χ1n) is 9.11. The number of benzene rings is 2. The highest BCUT2D eigenvalue weighted by molar-refractivity contribution is 5.95. The number of halogens is 1. The third-order valence-corrected chi connectivity index (χ3v) is 4.42. The van der Waals surface area contributed by atoms with Crippen molar-refractivity contribution in [3.63, 3.8) is 0 Å². The van der Waals surface area contributed by atoms with Crippen LogP contribution in [0.1, 0.15) is 6.42 Å². The number of ether oxygens (including phenoxy) is 1. The molecule has 1 aliphatic rings. The monoisotopic (exact) mass is 420 g/mol. The van der Waals surface area contributed by atoms with Gasteiger partial charge in [0, 0.05) is 24.8 Å². The quantitative estimate of drug-likeness (QED) is 0.455. The fourth-order valence-corrected chi connectivity index (χ4v) is 2.91. The Bertz CT molecular complexity index is 804. The van der Waals surface area contributed by atoms with Crippen molar-refractivity contribution in [2.24, 2.45) is 5.73 Å². The predicted molar refractivity (Wildman–Crippen MR) is 112 cm³/mol. The maximum Gasteiger partial charge on any atom is 0.250 e. The molecule has 156 valence electrons. The number of nitrogens with one attached hydrogen (secondary N) is 3. The minimum absolute atomic E-state index is 0. The Kier molecular flexibility index (Phi) is 8.41. The number of hydrogen-bond donors (Lipinski definition) is 5. The Morgan fingerprint density at radius 1 is 1.14 bits per heavy atom. The zero-order valence-corrected chi connectivity index (χ0v) is 16.5. The first kappa shape index (κ1) is 22.6. The first-order valence-corrected chi connectivity index (χ1v) is 9.11. The summed E-state index contributed by atoms with van der Waals surface area (Å²) < 4.78 is 5.72. The van der Waals surface area contributed by atoms with Gasteiger partial charge in [-0.3, -0.25) is 9.59 Å². The molecule has 2 amide bonds. The highest BCUT2D eigenvalue weighted by Gasteiger charge is 2.31. The van der Waals surface area contributed by atoms with Gasteiger partial charge in [0.25, 0.3) is 0 Å². The summed E-state index contributed by atoms with van der Waals surface area (Å²) in [7, 11) is 0. The van der Waals surface area contributed by atoms with Crippen molar-refractivity contribution in [2.75, 3.05) is 18.4 Å². The molecule has 0 spiro atoms. The minimum atomic E-state index is -1.23. The summed E-state index contributed by atoms with van der Waals surface area (Å²) in [6, 6.07) is 15.9. The van der Waals surface area contributed by atoms with E-state index in [1.165, 1.54) is 0 Å². The van der Waals surface area contributed by atoms with Crippen LogP contribution in [0.3, 0.4) is 0 Å². The summed E-state index contributed by atoms with van der Waals surface area (Å²) in [5.74, 6) is 0.698. The van der Waals surface area contributed by atoms with Gasteiger partial charge in [-0.25, -0.2) is 0 Å². The van der Waals surface area contributed by atoms with Crippen molar-refractivity contribution in [3.8, 4) is 11.5 Å². The number of para-hydroxylation sites is 1. The molecule has 1 unspecified atom stereocenters. The maximum atomic E-state index is 12.4. The molecule has 9 heteroatoms. The topological polar surface area (TPSA) is 126 Å². The number of aliphatic hydroxyl groups is 1. The highest BCUT2D eigenvalue weighted by atomic mass is 35.5. The molecule has 3 atom stereocenters. The van der Waals surface area contributed by atoms with Crippen LogP contribution in [-0.4, -0.2) is 48.2 Å². The lowest BCUT2D eigenvalue weighted by atomic mass is 10.1. The molecule has 29 heavy (non-hydrogen) atoms. The van der Waals surface area contributed by atoms with Crippen LogP contribution in [0.5, 0.6) is 11.5 Å². The second-order valence-electron chi connectivity index (χ2n) is 6.58. The number of amides is 2. The molecule has 8 nitrogen and oxygen atoms in total. The molecule has 0 bridgehead atoms. The molecule has 1 heterocycles. The van der Waals surface area contributed by atoms with E-state index in [4.69, 9.17) is 10.5 Å². The fraction of sp³-hybridized carbons (Fsp3) is 0.300. The Balaban J connectivity index is 0.00000300. The van der Waals surface area contributed by atoms with Gasteiger partial charge in [0.15, 0.2) is 0 Å². The Labute approximate surface area is 175 Å².